The first-order valence-corrected chi connectivity index (χ1v) is 9.10. The van der Waals surface area contributed by atoms with Crippen molar-refractivity contribution in [2.24, 2.45) is 0 Å². The Labute approximate surface area is 146 Å². The molecule has 1 aliphatic heterocycles. The highest BCUT2D eigenvalue weighted by atomic mass is 32.1. The first-order valence-electron chi connectivity index (χ1n) is 8.22. The number of carbonyl (C=O) groups is 1. The van der Waals surface area contributed by atoms with Gasteiger partial charge in [0.25, 0.3) is 0 Å². The fourth-order valence-corrected chi connectivity index (χ4v) is 3.71. The molecule has 1 atom stereocenters. The Kier molecular flexibility index (Phi) is 4.58. The molecule has 2 aromatic rings. The Hall–Kier alpha value is -1.96. The number of hydrogen-bond acceptors (Lipinski definition) is 5. The molecule has 1 N–H and O–H groups in total. The number of likely N-dealkylation sites (tertiary alicyclic amines) is 1. The molecule has 7 nitrogen and oxygen atoms in total. The predicted molar refractivity (Wildman–Crippen MR) is 92.8 cm³/mol. The molecular weight excluding hydrogens is 324 g/mol. The van der Waals surface area contributed by atoms with E-state index in [2.05, 4.69) is 46.5 Å². The summed E-state index contributed by atoms with van der Waals surface area (Å²) < 4.78 is 1.85. The van der Waals surface area contributed by atoms with Crippen LogP contribution < -0.4 is 5.32 Å². The number of urea groups is 1. The minimum absolute atomic E-state index is 0.0633. The first-order chi connectivity index (χ1) is 11.4. The first kappa shape index (κ1) is 16.9. The van der Waals surface area contributed by atoms with E-state index < -0.39 is 0 Å². The second-order valence-electron chi connectivity index (χ2n) is 7.06. The van der Waals surface area contributed by atoms with Gasteiger partial charge in [-0.2, -0.15) is 5.10 Å². The lowest BCUT2D eigenvalue weighted by atomic mass is 10.1. The van der Waals surface area contributed by atoms with E-state index in [9.17, 15) is 4.79 Å². The Bertz CT molecular complexity index is 716. The van der Waals surface area contributed by atoms with Crippen LogP contribution >= 0.6 is 11.3 Å². The minimum Gasteiger partial charge on any atom is -0.331 e. The molecule has 3 heterocycles. The second kappa shape index (κ2) is 6.51. The van der Waals surface area contributed by atoms with Crippen LogP contribution in [-0.2, 0) is 12.1 Å². The van der Waals surface area contributed by atoms with Crippen molar-refractivity contribution in [2.45, 2.75) is 58.7 Å². The quantitative estimate of drug-likeness (QED) is 0.925. The van der Waals surface area contributed by atoms with E-state index >= 15 is 0 Å². The maximum absolute atomic E-state index is 12.6. The predicted octanol–water partition coefficient (Wildman–Crippen LogP) is 2.84. The lowest BCUT2D eigenvalue weighted by Gasteiger charge is -2.25. The summed E-state index contributed by atoms with van der Waals surface area (Å²) >= 11 is 1.63. The van der Waals surface area contributed by atoms with Crippen LogP contribution in [0.2, 0.25) is 0 Å². The van der Waals surface area contributed by atoms with Gasteiger partial charge in [0, 0.05) is 11.9 Å². The van der Waals surface area contributed by atoms with Gasteiger partial charge in [-0.05, 0) is 40.5 Å². The maximum Gasteiger partial charge on any atom is 0.318 e. The highest BCUT2D eigenvalue weighted by Gasteiger charge is 2.31. The summed E-state index contributed by atoms with van der Waals surface area (Å²) in [6.07, 6.45) is 3.51. The number of amides is 2. The molecule has 8 heteroatoms. The third kappa shape index (κ3) is 3.43. The zero-order valence-electron chi connectivity index (χ0n) is 14.6. The van der Waals surface area contributed by atoms with Crippen molar-refractivity contribution in [1.29, 1.82) is 0 Å². The molecule has 1 saturated heterocycles. The second-order valence-corrected chi connectivity index (χ2v) is 8.12. The molecule has 1 fully saturated rings. The van der Waals surface area contributed by atoms with E-state index in [-0.39, 0.29) is 17.6 Å². The molecule has 2 amide bonds. The average molecular weight is 348 g/mol. The molecule has 0 bridgehead atoms. The summed E-state index contributed by atoms with van der Waals surface area (Å²) in [4.78, 5) is 23.3. The Balaban J connectivity index is 1.66. The Morgan fingerprint density at radius 1 is 1.46 bits per heavy atom. The molecule has 24 heavy (non-hydrogen) atoms. The van der Waals surface area contributed by atoms with Gasteiger partial charge in [0.05, 0.1) is 28.8 Å². The van der Waals surface area contributed by atoms with Crippen molar-refractivity contribution in [1.82, 2.24) is 30.0 Å². The Morgan fingerprint density at radius 2 is 2.25 bits per heavy atom. The number of hydrogen-bond donors (Lipinski definition) is 1. The molecule has 0 spiro atoms. The standard InChI is InChI=1S/C16H24N6OS/c1-11-20-12(9-24-11)13-6-5-7-21(13)15(23)17-8-14-18-10-19-22(14)16(2,3)4/h9-10,13H,5-8H2,1-4H3,(H,17,23)/t13-/m0/s1. The van der Waals surface area contributed by atoms with Crippen molar-refractivity contribution >= 4 is 17.4 Å². The van der Waals surface area contributed by atoms with E-state index in [1.54, 1.807) is 11.3 Å². The van der Waals surface area contributed by atoms with Crippen molar-refractivity contribution in [3.63, 3.8) is 0 Å². The van der Waals surface area contributed by atoms with Crippen LogP contribution in [0.25, 0.3) is 0 Å². The number of aryl methyl sites for hydroxylation is 1. The van der Waals surface area contributed by atoms with Gasteiger partial charge in [-0.15, -0.1) is 11.3 Å². The number of thiazole rings is 1. The van der Waals surface area contributed by atoms with Gasteiger partial charge < -0.3 is 10.2 Å². The highest BCUT2D eigenvalue weighted by molar-refractivity contribution is 7.09. The van der Waals surface area contributed by atoms with E-state index in [1.807, 2.05) is 16.5 Å². The van der Waals surface area contributed by atoms with Crippen LogP contribution in [0.4, 0.5) is 4.79 Å². The van der Waals surface area contributed by atoms with Crippen LogP contribution in [0.1, 0.15) is 56.2 Å². The minimum atomic E-state index is -0.162. The van der Waals surface area contributed by atoms with Gasteiger partial charge in [0.2, 0.25) is 0 Å². The third-order valence-electron chi connectivity index (χ3n) is 4.14. The number of carbonyl (C=O) groups excluding carboxylic acids is 1. The lowest BCUT2D eigenvalue weighted by Crippen LogP contribution is -2.40. The van der Waals surface area contributed by atoms with Gasteiger partial charge in [-0.1, -0.05) is 0 Å². The normalized spacial score (nSPS) is 18.2. The lowest BCUT2D eigenvalue weighted by molar-refractivity contribution is 0.191. The zero-order chi connectivity index (χ0) is 17.3. The van der Waals surface area contributed by atoms with Crippen molar-refractivity contribution in [2.75, 3.05) is 6.54 Å². The highest BCUT2D eigenvalue weighted by Crippen LogP contribution is 2.32. The molecule has 0 aromatic carbocycles. The molecule has 0 radical (unpaired) electrons. The summed E-state index contributed by atoms with van der Waals surface area (Å²) in [6.45, 7) is 9.32. The topological polar surface area (TPSA) is 75.9 Å². The number of rotatable bonds is 3. The summed E-state index contributed by atoms with van der Waals surface area (Å²) in [5, 5.41) is 10.3. The van der Waals surface area contributed by atoms with Crippen LogP contribution in [0, 0.1) is 6.92 Å². The number of nitrogens with one attached hydrogen (secondary N) is 1. The summed E-state index contributed by atoms with van der Waals surface area (Å²) in [5.41, 5.74) is 0.841. The van der Waals surface area contributed by atoms with Gasteiger partial charge in [0.15, 0.2) is 0 Å². The maximum atomic E-state index is 12.6. The molecule has 0 saturated carbocycles. The van der Waals surface area contributed by atoms with E-state index in [4.69, 9.17) is 0 Å². The molecule has 1 aliphatic rings. The van der Waals surface area contributed by atoms with E-state index in [0.29, 0.717) is 6.54 Å². The van der Waals surface area contributed by atoms with Crippen LogP contribution in [0.5, 0.6) is 0 Å². The van der Waals surface area contributed by atoms with E-state index in [1.165, 1.54) is 6.33 Å². The van der Waals surface area contributed by atoms with Gasteiger partial charge in [0.1, 0.15) is 12.2 Å². The SMILES string of the molecule is Cc1nc([C@@H]2CCCN2C(=O)NCc2ncnn2C(C)(C)C)cs1. The molecule has 2 aromatic heterocycles. The van der Waals surface area contributed by atoms with Gasteiger partial charge in [-0.3, -0.25) is 0 Å². The molecule has 0 unspecified atom stereocenters. The summed E-state index contributed by atoms with van der Waals surface area (Å²) in [5.74, 6) is 0.760. The van der Waals surface area contributed by atoms with Crippen molar-refractivity contribution in [3.05, 3.63) is 28.2 Å². The molecule has 130 valence electrons. The molecular formula is C16H24N6OS. The van der Waals surface area contributed by atoms with Crippen molar-refractivity contribution in [3.8, 4) is 0 Å². The number of nitrogens with zero attached hydrogens (tertiary/aromatic N) is 5. The number of aromatic nitrogens is 4. The van der Waals surface area contributed by atoms with Crippen LogP contribution in [0.3, 0.4) is 0 Å². The summed E-state index contributed by atoms with van der Waals surface area (Å²) in [6, 6.07) is 0.0158. The smallest absolute Gasteiger partial charge is 0.318 e. The van der Waals surface area contributed by atoms with Crippen LogP contribution in [0.15, 0.2) is 11.7 Å². The van der Waals surface area contributed by atoms with Crippen LogP contribution in [-0.4, -0.2) is 37.2 Å². The fraction of sp³-hybridized carbons (Fsp3) is 0.625. The monoisotopic (exact) mass is 348 g/mol. The van der Waals surface area contributed by atoms with E-state index in [0.717, 1.165) is 35.9 Å². The van der Waals surface area contributed by atoms with Gasteiger partial charge >= 0.3 is 6.03 Å². The zero-order valence-corrected chi connectivity index (χ0v) is 15.4. The summed E-state index contributed by atoms with van der Waals surface area (Å²) in [7, 11) is 0. The van der Waals surface area contributed by atoms with Crippen molar-refractivity contribution < 1.29 is 4.79 Å². The fourth-order valence-electron chi connectivity index (χ4n) is 3.05. The average Bonchev–Trinajstić information content (AvgIpc) is 3.23. The molecule has 0 aliphatic carbocycles. The van der Waals surface area contributed by atoms with Gasteiger partial charge in [-0.25, -0.2) is 19.4 Å². The molecule has 3 rings (SSSR count). The largest absolute Gasteiger partial charge is 0.331 e. The third-order valence-corrected chi connectivity index (χ3v) is 4.94. The Morgan fingerprint density at radius 3 is 2.92 bits per heavy atom.